The second-order valence-corrected chi connectivity index (χ2v) is 12.4. The molecule has 0 saturated carbocycles. The van der Waals surface area contributed by atoms with E-state index in [0.29, 0.717) is 23.8 Å². The molecule has 1 aliphatic rings. The van der Waals surface area contributed by atoms with Gasteiger partial charge in [0.05, 0.1) is 23.5 Å². The van der Waals surface area contributed by atoms with Gasteiger partial charge in [0, 0.05) is 32.5 Å². The highest BCUT2D eigenvalue weighted by Gasteiger charge is 2.31. The quantitative estimate of drug-likeness (QED) is 0.312. The van der Waals surface area contributed by atoms with Gasteiger partial charge in [0.1, 0.15) is 24.5 Å². The molecular weight excluding hydrogens is 624 g/mol. The van der Waals surface area contributed by atoms with Gasteiger partial charge in [-0.25, -0.2) is 9.67 Å². The third-order valence-electron chi connectivity index (χ3n) is 7.71. The molecule has 2 aromatic heterocycles. The summed E-state index contributed by atoms with van der Waals surface area (Å²) in [6, 6.07) is 6.74. The van der Waals surface area contributed by atoms with Crippen molar-refractivity contribution in [2.45, 2.75) is 78.6 Å². The van der Waals surface area contributed by atoms with Crippen LogP contribution in [-0.2, 0) is 32.1 Å². The molecule has 4 rings (SSSR count). The van der Waals surface area contributed by atoms with Crippen LogP contribution in [0.1, 0.15) is 73.0 Å². The predicted octanol–water partition coefficient (Wildman–Crippen LogP) is 0.844. The minimum Gasteiger partial charge on any atom is -0.353 e. The van der Waals surface area contributed by atoms with Crippen LogP contribution >= 0.6 is 11.7 Å². The van der Waals surface area contributed by atoms with E-state index in [9.17, 15) is 24.0 Å². The molecule has 252 valence electrons. The molecule has 0 radical (unpaired) electrons. The molecule has 0 aliphatic carbocycles. The van der Waals surface area contributed by atoms with E-state index in [2.05, 4.69) is 40.1 Å². The van der Waals surface area contributed by atoms with E-state index in [1.54, 1.807) is 20.8 Å². The first-order valence-corrected chi connectivity index (χ1v) is 16.4. The first-order valence-electron chi connectivity index (χ1n) is 15.6. The Morgan fingerprint density at radius 3 is 2.40 bits per heavy atom. The maximum atomic E-state index is 13.8. The van der Waals surface area contributed by atoms with Crippen LogP contribution in [0.5, 0.6) is 0 Å². The molecule has 0 fully saturated rings. The minimum absolute atomic E-state index is 0.0421. The van der Waals surface area contributed by atoms with Gasteiger partial charge in [0.15, 0.2) is 11.5 Å². The Morgan fingerprint density at radius 2 is 1.72 bits per heavy atom. The van der Waals surface area contributed by atoms with Gasteiger partial charge in [-0.05, 0) is 38.7 Å². The van der Waals surface area contributed by atoms with Crippen molar-refractivity contribution >= 4 is 41.3 Å². The maximum Gasteiger partial charge on any atom is 0.275 e. The fourth-order valence-corrected chi connectivity index (χ4v) is 5.72. The summed E-state index contributed by atoms with van der Waals surface area (Å²) in [5.74, 6) is -1.40. The summed E-state index contributed by atoms with van der Waals surface area (Å²) in [5, 5.41) is 15.8. The van der Waals surface area contributed by atoms with E-state index in [0.717, 1.165) is 17.3 Å². The summed E-state index contributed by atoms with van der Waals surface area (Å²) in [6.45, 7) is 9.11. The number of nitrogens with zero attached hydrogens (tertiary/aromatic N) is 6. The molecule has 0 saturated heterocycles. The zero-order valence-electron chi connectivity index (χ0n) is 27.3. The van der Waals surface area contributed by atoms with Crippen molar-refractivity contribution in [3.8, 4) is 0 Å². The normalized spacial score (nSPS) is 20.9. The summed E-state index contributed by atoms with van der Waals surface area (Å²) in [4.78, 5) is 72.4. The molecule has 15 nitrogen and oxygen atoms in total. The summed E-state index contributed by atoms with van der Waals surface area (Å²) in [6.07, 6.45) is 0.546. The lowest BCUT2D eigenvalue weighted by atomic mass is 10.0. The Hall–Kier alpha value is -4.73. The monoisotopic (exact) mass is 666 g/mol. The van der Waals surface area contributed by atoms with E-state index in [1.165, 1.54) is 9.58 Å². The largest absolute Gasteiger partial charge is 0.353 e. The van der Waals surface area contributed by atoms with Crippen molar-refractivity contribution in [1.82, 2.24) is 49.7 Å². The Bertz CT molecular complexity index is 1570. The number of carbonyl (C=O) groups excluding carboxylic acids is 5. The fourth-order valence-electron chi connectivity index (χ4n) is 5.18. The number of benzene rings is 1. The lowest BCUT2D eigenvalue weighted by Gasteiger charge is -2.27. The summed E-state index contributed by atoms with van der Waals surface area (Å²) in [5.41, 5.74) is 1.55. The molecule has 1 aliphatic heterocycles. The average Bonchev–Trinajstić information content (AvgIpc) is 3.62. The molecule has 1 aromatic carbocycles. The summed E-state index contributed by atoms with van der Waals surface area (Å²) in [7, 11) is 0. The van der Waals surface area contributed by atoms with Gasteiger partial charge in [-0.2, -0.15) is 13.8 Å². The number of aromatic nitrogens is 5. The number of hydrogen-bond donors (Lipinski definition) is 4. The zero-order chi connectivity index (χ0) is 34.1. The van der Waals surface area contributed by atoms with Crippen LogP contribution in [0.15, 0.2) is 30.3 Å². The smallest absolute Gasteiger partial charge is 0.275 e. The maximum absolute atomic E-state index is 13.8. The second kappa shape index (κ2) is 16.2. The highest BCUT2D eigenvalue weighted by Crippen LogP contribution is 2.21. The molecule has 5 amide bonds. The molecule has 0 unspecified atom stereocenters. The van der Waals surface area contributed by atoms with Crippen molar-refractivity contribution in [2.75, 3.05) is 19.6 Å². The Kier molecular flexibility index (Phi) is 12.1. The molecule has 3 heterocycles. The van der Waals surface area contributed by atoms with Gasteiger partial charge >= 0.3 is 0 Å². The first kappa shape index (κ1) is 35.1. The van der Waals surface area contributed by atoms with Crippen LogP contribution in [0.25, 0.3) is 0 Å². The summed E-state index contributed by atoms with van der Waals surface area (Å²) >= 11 is 0.936. The van der Waals surface area contributed by atoms with Gasteiger partial charge in [-0.15, -0.1) is 0 Å². The van der Waals surface area contributed by atoms with Crippen molar-refractivity contribution in [3.05, 3.63) is 58.9 Å². The third-order valence-corrected chi connectivity index (χ3v) is 8.33. The predicted molar refractivity (Wildman–Crippen MR) is 173 cm³/mol. The van der Waals surface area contributed by atoms with E-state index in [4.69, 9.17) is 0 Å². The lowest BCUT2D eigenvalue weighted by Crippen LogP contribution is -2.54. The van der Waals surface area contributed by atoms with Crippen molar-refractivity contribution in [3.63, 3.8) is 0 Å². The Labute approximate surface area is 277 Å². The molecule has 4 N–H and O–H groups in total. The first-order chi connectivity index (χ1) is 22.4. The standard InChI is InChI=1S/C31H42N10O5S/c1-18(2)26-28-34-21(5)37-41(28)17-25(43)32-13-15-40(31(46)27-19(3)38-47-39-27)14-9-12-24(42)33-20(4)29(44)35-23(30(45)36-26)16-22-10-7-6-8-11-22/h6-8,10-11,18,20,23,26H,9,12-17H2,1-5H3,(H,32,43)(H,33,42)(H,35,44)(H,36,45)/t20-,23+,26-/m0/s1. The van der Waals surface area contributed by atoms with E-state index in [1.807, 2.05) is 44.2 Å². The highest BCUT2D eigenvalue weighted by molar-refractivity contribution is 6.99. The van der Waals surface area contributed by atoms with Crippen molar-refractivity contribution in [2.24, 2.45) is 5.92 Å². The number of aryl methyl sites for hydroxylation is 2. The minimum atomic E-state index is -0.972. The second-order valence-electron chi connectivity index (χ2n) is 11.9. The number of rotatable bonds is 4. The van der Waals surface area contributed by atoms with Gasteiger partial charge in [-0.1, -0.05) is 44.2 Å². The average molecular weight is 667 g/mol. The molecule has 47 heavy (non-hydrogen) atoms. The van der Waals surface area contributed by atoms with Crippen LogP contribution < -0.4 is 21.3 Å². The third kappa shape index (κ3) is 9.64. The molecule has 3 atom stereocenters. The number of amides is 5. The van der Waals surface area contributed by atoms with Crippen molar-refractivity contribution < 1.29 is 24.0 Å². The summed E-state index contributed by atoms with van der Waals surface area (Å²) < 4.78 is 9.68. The van der Waals surface area contributed by atoms with E-state index >= 15 is 0 Å². The molecule has 0 bridgehead atoms. The Morgan fingerprint density at radius 1 is 0.979 bits per heavy atom. The van der Waals surface area contributed by atoms with E-state index < -0.39 is 29.9 Å². The van der Waals surface area contributed by atoms with Gasteiger partial charge < -0.3 is 26.2 Å². The lowest BCUT2D eigenvalue weighted by molar-refractivity contribution is -0.132. The molecular formula is C31H42N10O5S. The van der Waals surface area contributed by atoms with Crippen LogP contribution in [0, 0.1) is 19.8 Å². The Balaban J connectivity index is 1.62. The van der Waals surface area contributed by atoms with Crippen LogP contribution in [0.3, 0.4) is 0 Å². The van der Waals surface area contributed by atoms with E-state index in [-0.39, 0.29) is 68.4 Å². The number of fused-ring (bicyclic) bond motifs is 1. The van der Waals surface area contributed by atoms with Crippen LogP contribution in [-0.4, -0.2) is 89.7 Å². The molecule has 0 spiro atoms. The van der Waals surface area contributed by atoms with Crippen LogP contribution in [0.4, 0.5) is 0 Å². The topological polar surface area (TPSA) is 193 Å². The number of nitrogens with one attached hydrogen (secondary N) is 4. The molecule has 16 heteroatoms. The van der Waals surface area contributed by atoms with Crippen LogP contribution in [0.2, 0.25) is 0 Å². The molecule has 3 aromatic rings. The van der Waals surface area contributed by atoms with Gasteiger partial charge in [0.2, 0.25) is 23.6 Å². The van der Waals surface area contributed by atoms with Gasteiger partial charge in [0.25, 0.3) is 5.91 Å². The van der Waals surface area contributed by atoms with Gasteiger partial charge in [-0.3, -0.25) is 24.0 Å². The zero-order valence-corrected chi connectivity index (χ0v) is 28.1. The number of hydrogen-bond acceptors (Lipinski definition) is 10. The SMILES string of the molecule is Cc1nc2n(n1)CC(=O)NCCN(C(=O)c1nsnc1C)CCCC(=O)N[C@@H](C)C(=O)N[C@H](Cc1ccccc1)C(=O)N[C@H]2C(C)C. The van der Waals surface area contributed by atoms with Crippen molar-refractivity contribution in [1.29, 1.82) is 0 Å². The fraction of sp³-hybridized carbons (Fsp3) is 0.516. The number of carbonyl (C=O) groups is 5. The highest BCUT2D eigenvalue weighted by atomic mass is 32.1.